The molecule has 1 heterocycles. The van der Waals surface area contributed by atoms with Gasteiger partial charge in [-0.3, -0.25) is 9.69 Å². The molecule has 1 saturated heterocycles. The fourth-order valence-corrected chi connectivity index (χ4v) is 3.09. The van der Waals surface area contributed by atoms with E-state index in [-0.39, 0.29) is 17.1 Å². The number of halogens is 3. The van der Waals surface area contributed by atoms with Crippen LogP contribution in [-0.2, 0) is 17.8 Å². The fourth-order valence-electron chi connectivity index (χ4n) is 2.85. The molecule has 0 bridgehead atoms. The maximum Gasteiger partial charge on any atom is 0.253 e. The van der Waals surface area contributed by atoms with Crippen molar-refractivity contribution in [1.82, 2.24) is 10.2 Å². The Balaban J connectivity index is 1.68. The molecule has 0 radical (unpaired) electrons. The van der Waals surface area contributed by atoms with Crippen molar-refractivity contribution >= 4 is 17.5 Å². The minimum absolute atomic E-state index is 0.0868. The highest BCUT2D eigenvalue weighted by Gasteiger charge is 2.16. The first-order valence-corrected chi connectivity index (χ1v) is 8.72. The topological polar surface area (TPSA) is 41.6 Å². The number of ether oxygens (including phenoxy) is 1. The van der Waals surface area contributed by atoms with Crippen LogP contribution in [-0.4, -0.2) is 37.1 Å². The normalized spacial score (nSPS) is 15.0. The Morgan fingerprint density at radius 1 is 1.12 bits per heavy atom. The number of morpholine rings is 1. The molecule has 2 aromatic carbocycles. The molecular formula is C19H19ClF2N2O2. The first kappa shape index (κ1) is 18.8. The number of nitrogens with zero attached hydrogens (tertiary/aromatic N) is 1. The van der Waals surface area contributed by atoms with E-state index in [0.29, 0.717) is 13.2 Å². The Labute approximate surface area is 155 Å². The van der Waals surface area contributed by atoms with Crippen molar-refractivity contribution in [3.05, 3.63) is 69.7 Å². The maximum atomic E-state index is 13.4. The van der Waals surface area contributed by atoms with Crippen LogP contribution in [0.4, 0.5) is 8.78 Å². The van der Waals surface area contributed by atoms with Crippen molar-refractivity contribution in [2.45, 2.75) is 13.1 Å². The third-order valence-corrected chi connectivity index (χ3v) is 4.62. The number of hydrogen-bond acceptors (Lipinski definition) is 3. The standard InChI is InChI=1S/C19H19ClF2N2O2/c20-16-10-18(22)17(21)9-15(16)19(25)23-11-13-3-1-2-4-14(13)12-24-5-7-26-8-6-24/h1-4,9-10H,5-8,11-12H2,(H,23,25). The lowest BCUT2D eigenvalue weighted by Crippen LogP contribution is -2.36. The van der Waals surface area contributed by atoms with Crippen LogP contribution in [0.25, 0.3) is 0 Å². The first-order chi connectivity index (χ1) is 12.5. The number of carbonyl (C=O) groups is 1. The van der Waals surface area contributed by atoms with Gasteiger partial charge in [0, 0.05) is 26.2 Å². The predicted molar refractivity (Wildman–Crippen MR) is 95.1 cm³/mol. The third kappa shape index (κ3) is 4.58. The van der Waals surface area contributed by atoms with Crippen LogP contribution >= 0.6 is 11.6 Å². The molecule has 0 spiro atoms. The largest absolute Gasteiger partial charge is 0.379 e. The van der Waals surface area contributed by atoms with E-state index < -0.39 is 17.5 Å². The number of rotatable bonds is 5. The molecule has 7 heteroatoms. The van der Waals surface area contributed by atoms with Crippen molar-refractivity contribution in [3.8, 4) is 0 Å². The smallest absolute Gasteiger partial charge is 0.253 e. The first-order valence-electron chi connectivity index (χ1n) is 8.34. The minimum atomic E-state index is -1.10. The van der Waals surface area contributed by atoms with Gasteiger partial charge in [-0.05, 0) is 23.3 Å². The van der Waals surface area contributed by atoms with E-state index in [9.17, 15) is 13.6 Å². The van der Waals surface area contributed by atoms with Crippen LogP contribution in [0.2, 0.25) is 5.02 Å². The quantitative estimate of drug-likeness (QED) is 0.808. The van der Waals surface area contributed by atoms with Gasteiger partial charge in [-0.15, -0.1) is 0 Å². The summed E-state index contributed by atoms with van der Waals surface area (Å²) in [6.07, 6.45) is 0. The van der Waals surface area contributed by atoms with Crippen LogP contribution < -0.4 is 5.32 Å². The summed E-state index contributed by atoms with van der Waals surface area (Å²) in [4.78, 5) is 14.6. The van der Waals surface area contributed by atoms with E-state index in [1.165, 1.54) is 0 Å². The van der Waals surface area contributed by atoms with E-state index >= 15 is 0 Å². The molecule has 0 aliphatic carbocycles. The van der Waals surface area contributed by atoms with Crippen LogP contribution in [0.3, 0.4) is 0 Å². The molecule has 26 heavy (non-hydrogen) atoms. The average Bonchev–Trinajstić information content (AvgIpc) is 2.64. The van der Waals surface area contributed by atoms with Crippen molar-refractivity contribution in [3.63, 3.8) is 0 Å². The Morgan fingerprint density at radius 3 is 2.50 bits per heavy atom. The minimum Gasteiger partial charge on any atom is -0.379 e. The van der Waals surface area contributed by atoms with Crippen molar-refractivity contribution < 1.29 is 18.3 Å². The summed E-state index contributed by atoms with van der Waals surface area (Å²) < 4.78 is 31.9. The summed E-state index contributed by atoms with van der Waals surface area (Å²) in [6, 6.07) is 9.41. The average molecular weight is 381 g/mol. The Hall–Kier alpha value is -2.02. The highest BCUT2D eigenvalue weighted by atomic mass is 35.5. The van der Waals surface area contributed by atoms with Crippen LogP contribution in [0.5, 0.6) is 0 Å². The summed E-state index contributed by atoms with van der Waals surface area (Å²) >= 11 is 5.85. The van der Waals surface area contributed by atoms with Crippen molar-refractivity contribution in [2.75, 3.05) is 26.3 Å². The molecule has 138 valence electrons. The summed E-state index contributed by atoms with van der Waals surface area (Å²) in [5.41, 5.74) is 1.98. The predicted octanol–water partition coefficient (Wildman–Crippen LogP) is 3.38. The molecule has 1 fully saturated rings. The number of amides is 1. The summed E-state index contributed by atoms with van der Waals surface area (Å²) in [6.45, 7) is 4.20. The molecule has 1 aliphatic rings. The van der Waals surface area contributed by atoms with Gasteiger partial charge in [0.15, 0.2) is 11.6 Å². The number of nitrogens with one attached hydrogen (secondary N) is 1. The van der Waals surface area contributed by atoms with E-state index in [2.05, 4.69) is 10.2 Å². The molecule has 2 aromatic rings. The second kappa shape index (κ2) is 8.58. The van der Waals surface area contributed by atoms with Gasteiger partial charge in [0.2, 0.25) is 0 Å². The fraction of sp³-hybridized carbons (Fsp3) is 0.316. The van der Waals surface area contributed by atoms with Gasteiger partial charge in [-0.25, -0.2) is 8.78 Å². The molecular weight excluding hydrogens is 362 g/mol. The Bertz CT molecular complexity index is 795. The van der Waals surface area contributed by atoms with E-state index in [1.54, 1.807) is 0 Å². The molecule has 0 atom stereocenters. The lowest BCUT2D eigenvalue weighted by atomic mass is 10.1. The van der Waals surface area contributed by atoms with E-state index in [0.717, 1.165) is 42.9 Å². The highest BCUT2D eigenvalue weighted by Crippen LogP contribution is 2.20. The molecule has 0 aromatic heterocycles. The van der Waals surface area contributed by atoms with Crippen LogP contribution in [0, 0.1) is 11.6 Å². The molecule has 1 aliphatic heterocycles. The number of carbonyl (C=O) groups excluding carboxylic acids is 1. The Morgan fingerprint density at radius 2 is 1.77 bits per heavy atom. The van der Waals surface area contributed by atoms with Gasteiger partial charge < -0.3 is 10.1 Å². The van der Waals surface area contributed by atoms with E-state index in [1.807, 2.05) is 24.3 Å². The van der Waals surface area contributed by atoms with Gasteiger partial charge in [0.25, 0.3) is 5.91 Å². The zero-order chi connectivity index (χ0) is 18.5. The number of benzene rings is 2. The molecule has 0 saturated carbocycles. The van der Waals surface area contributed by atoms with Crippen molar-refractivity contribution in [2.24, 2.45) is 0 Å². The third-order valence-electron chi connectivity index (χ3n) is 4.31. The van der Waals surface area contributed by atoms with Gasteiger partial charge in [0.1, 0.15) is 0 Å². The SMILES string of the molecule is O=C(NCc1ccccc1CN1CCOCC1)c1cc(F)c(F)cc1Cl. The maximum absolute atomic E-state index is 13.4. The van der Waals surface area contributed by atoms with E-state index in [4.69, 9.17) is 16.3 Å². The van der Waals surface area contributed by atoms with Gasteiger partial charge in [-0.1, -0.05) is 35.9 Å². The monoisotopic (exact) mass is 380 g/mol. The van der Waals surface area contributed by atoms with Crippen LogP contribution in [0.15, 0.2) is 36.4 Å². The lowest BCUT2D eigenvalue weighted by molar-refractivity contribution is 0.0340. The molecule has 0 unspecified atom stereocenters. The molecule has 1 N–H and O–H groups in total. The molecule has 3 rings (SSSR count). The van der Waals surface area contributed by atoms with Gasteiger partial charge in [-0.2, -0.15) is 0 Å². The highest BCUT2D eigenvalue weighted by molar-refractivity contribution is 6.33. The zero-order valence-electron chi connectivity index (χ0n) is 14.1. The Kier molecular flexibility index (Phi) is 6.19. The second-order valence-electron chi connectivity index (χ2n) is 6.09. The summed E-state index contributed by atoms with van der Waals surface area (Å²) in [7, 11) is 0. The van der Waals surface area contributed by atoms with Gasteiger partial charge in [0.05, 0.1) is 23.8 Å². The number of hydrogen-bond donors (Lipinski definition) is 1. The summed E-state index contributed by atoms with van der Waals surface area (Å²) in [5, 5.41) is 2.60. The second-order valence-corrected chi connectivity index (χ2v) is 6.49. The zero-order valence-corrected chi connectivity index (χ0v) is 14.9. The van der Waals surface area contributed by atoms with Crippen molar-refractivity contribution in [1.29, 1.82) is 0 Å². The summed E-state index contributed by atoms with van der Waals surface area (Å²) in [5.74, 6) is -2.73. The van der Waals surface area contributed by atoms with Crippen LogP contribution in [0.1, 0.15) is 21.5 Å². The molecule has 1 amide bonds. The lowest BCUT2D eigenvalue weighted by Gasteiger charge is -2.27. The molecule has 4 nitrogen and oxygen atoms in total. The van der Waals surface area contributed by atoms with Gasteiger partial charge >= 0.3 is 0 Å².